The normalized spacial score (nSPS) is 24.0. The van der Waals surface area contributed by atoms with Crippen molar-refractivity contribution in [1.82, 2.24) is 4.98 Å². The van der Waals surface area contributed by atoms with Gasteiger partial charge in [-0.1, -0.05) is 30.4 Å². The van der Waals surface area contributed by atoms with Gasteiger partial charge in [-0.25, -0.2) is 0 Å². The standard InChI is InChI=1S/C17H15NS/c1-2-9-15-13(6-1)17-12(7-5-10-16(17)19-15)14-8-3-4-11-18-14/h2-5,7-11,13,15H,1,6H2. The van der Waals surface area contributed by atoms with E-state index < -0.39 is 0 Å². The minimum atomic E-state index is 0.633. The molecule has 1 aliphatic heterocycles. The number of nitrogens with zero attached hydrogens (tertiary/aromatic N) is 1. The van der Waals surface area contributed by atoms with E-state index in [0.29, 0.717) is 11.2 Å². The predicted octanol–water partition coefficient (Wildman–Crippen LogP) is 4.66. The van der Waals surface area contributed by atoms with E-state index in [9.17, 15) is 0 Å². The largest absolute Gasteiger partial charge is 0.256 e. The Hall–Kier alpha value is -1.54. The summed E-state index contributed by atoms with van der Waals surface area (Å²) in [5, 5.41) is 0.633. The smallest absolute Gasteiger partial charge is 0.0705 e. The van der Waals surface area contributed by atoms with Crippen LogP contribution in [0.2, 0.25) is 0 Å². The monoisotopic (exact) mass is 265 g/mol. The summed E-state index contributed by atoms with van der Waals surface area (Å²) < 4.78 is 0. The first-order valence-corrected chi connectivity index (χ1v) is 7.69. The van der Waals surface area contributed by atoms with E-state index in [1.807, 2.05) is 24.0 Å². The molecule has 0 bridgehead atoms. The average Bonchev–Trinajstić information content (AvgIpc) is 2.86. The van der Waals surface area contributed by atoms with Crippen molar-refractivity contribution >= 4 is 11.8 Å². The van der Waals surface area contributed by atoms with Crippen LogP contribution in [0.25, 0.3) is 11.3 Å². The van der Waals surface area contributed by atoms with Crippen molar-refractivity contribution in [3.8, 4) is 11.3 Å². The molecule has 94 valence electrons. The topological polar surface area (TPSA) is 12.9 Å². The Morgan fingerprint density at radius 1 is 1.11 bits per heavy atom. The number of rotatable bonds is 1. The van der Waals surface area contributed by atoms with E-state index in [1.165, 1.54) is 28.9 Å². The lowest BCUT2D eigenvalue weighted by Crippen LogP contribution is -2.11. The second-order valence-corrected chi connectivity index (χ2v) is 6.35. The summed E-state index contributed by atoms with van der Waals surface area (Å²) in [7, 11) is 0. The Kier molecular flexibility index (Phi) is 2.70. The molecule has 0 spiro atoms. The van der Waals surface area contributed by atoms with Gasteiger partial charge in [-0.3, -0.25) is 4.98 Å². The molecule has 1 aliphatic carbocycles. The van der Waals surface area contributed by atoms with Gasteiger partial charge in [0.1, 0.15) is 0 Å². The van der Waals surface area contributed by atoms with Crippen molar-refractivity contribution in [3.05, 3.63) is 60.3 Å². The summed E-state index contributed by atoms with van der Waals surface area (Å²) in [4.78, 5) is 5.99. The van der Waals surface area contributed by atoms with Gasteiger partial charge in [0.15, 0.2) is 0 Å². The number of allylic oxidation sites excluding steroid dienone is 1. The highest BCUT2D eigenvalue weighted by Gasteiger charge is 2.34. The lowest BCUT2D eigenvalue weighted by atomic mass is 9.84. The third-order valence-electron chi connectivity index (χ3n) is 4.01. The van der Waals surface area contributed by atoms with Crippen LogP contribution in [0, 0.1) is 0 Å². The summed E-state index contributed by atoms with van der Waals surface area (Å²) in [6.07, 6.45) is 9.08. The van der Waals surface area contributed by atoms with Gasteiger partial charge in [0.2, 0.25) is 0 Å². The van der Waals surface area contributed by atoms with Gasteiger partial charge in [0.25, 0.3) is 0 Å². The first-order chi connectivity index (χ1) is 9.43. The molecule has 1 aromatic heterocycles. The Labute approximate surface area is 117 Å². The number of pyridine rings is 1. The van der Waals surface area contributed by atoms with Crippen LogP contribution in [0.1, 0.15) is 24.3 Å². The molecule has 2 heteroatoms. The van der Waals surface area contributed by atoms with Crippen LogP contribution < -0.4 is 0 Å². The quantitative estimate of drug-likeness (QED) is 0.696. The Bertz CT molecular complexity index is 633. The van der Waals surface area contributed by atoms with Crippen molar-refractivity contribution in [1.29, 1.82) is 0 Å². The second-order valence-electron chi connectivity index (χ2n) is 5.13. The predicted molar refractivity (Wildman–Crippen MR) is 80.4 cm³/mol. The summed E-state index contributed by atoms with van der Waals surface area (Å²) in [5.74, 6) is 0.670. The van der Waals surface area contributed by atoms with Crippen molar-refractivity contribution in [3.63, 3.8) is 0 Å². The van der Waals surface area contributed by atoms with Crippen molar-refractivity contribution in [2.24, 2.45) is 0 Å². The van der Waals surface area contributed by atoms with Gasteiger partial charge >= 0.3 is 0 Å². The fourth-order valence-electron chi connectivity index (χ4n) is 3.16. The summed E-state index contributed by atoms with van der Waals surface area (Å²) >= 11 is 2.01. The number of aromatic nitrogens is 1. The molecule has 4 rings (SSSR count). The van der Waals surface area contributed by atoms with Crippen molar-refractivity contribution < 1.29 is 0 Å². The first-order valence-electron chi connectivity index (χ1n) is 6.81. The Balaban J connectivity index is 1.88. The van der Waals surface area contributed by atoms with Crippen LogP contribution in [-0.2, 0) is 0 Å². The van der Waals surface area contributed by atoms with Gasteiger partial charge in [0, 0.05) is 27.8 Å². The molecule has 0 saturated carbocycles. The minimum Gasteiger partial charge on any atom is -0.256 e. The molecule has 1 aromatic carbocycles. The van der Waals surface area contributed by atoms with Gasteiger partial charge in [-0.2, -0.15) is 0 Å². The highest BCUT2D eigenvalue weighted by Crippen LogP contribution is 2.52. The molecule has 19 heavy (non-hydrogen) atoms. The lowest BCUT2D eigenvalue weighted by Gasteiger charge is -2.21. The first kappa shape index (κ1) is 11.3. The number of benzene rings is 1. The van der Waals surface area contributed by atoms with Crippen molar-refractivity contribution in [2.45, 2.75) is 28.9 Å². The molecule has 0 fully saturated rings. The van der Waals surface area contributed by atoms with Crippen LogP contribution in [0.5, 0.6) is 0 Å². The summed E-state index contributed by atoms with van der Waals surface area (Å²) in [5.41, 5.74) is 3.96. The number of hydrogen-bond donors (Lipinski definition) is 0. The third kappa shape index (κ3) is 1.82. The number of thioether (sulfide) groups is 1. The summed E-state index contributed by atoms with van der Waals surface area (Å²) in [6, 6.07) is 12.8. The molecule has 0 radical (unpaired) electrons. The van der Waals surface area contributed by atoms with Gasteiger partial charge in [-0.15, -0.1) is 11.8 Å². The van der Waals surface area contributed by atoms with Gasteiger partial charge < -0.3 is 0 Å². The highest BCUT2D eigenvalue weighted by atomic mass is 32.2. The molecule has 0 N–H and O–H groups in total. The second kappa shape index (κ2) is 4.53. The minimum absolute atomic E-state index is 0.633. The van der Waals surface area contributed by atoms with Crippen LogP contribution in [0.4, 0.5) is 0 Å². The number of hydrogen-bond acceptors (Lipinski definition) is 2. The molecular formula is C17H15NS. The maximum absolute atomic E-state index is 4.54. The maximum atomic E-state index is 4.54. The molecule has 2 atom stereocenters. The maximum Gasteiger partial charge on any atom is 0.0705 e. The molecule has 2 aliphatic rings. The van der Waals surface area contributed by atoms with Crippen LogP contribution in [0.3, 0.4) is 0 Å². The van der Waals surface area contributed by atoms with Crippen LogP contribution in [0.15, 0.2) is 59.6 Å². The Morgan fingerprint density at radius 2 is 2.11 bits per heavy atom. The Morgan fingerprint density at radius 3 is 3.00 bits per heavy atom. The highest BCUT2D eigenvalue weighted by molar-refractivity contribution is 8.00. The molecule has 0 amide bonds. The van der Waals surface area contributed by atoms with E-state index in [0.717, 1.165) is 5.69 Å². The van der Waals surface area contributed by atoms with E-state index in [2.05, 4.69) is 47.5 Å². The fourth-order valence-corrected chi connectivity index (χ4v) is 4.62. The molecule has 2 unspecified atom stereocenters. The van der Waals surface area contributed by atoms with Gasteiger partial charge in [0.05, 0.1) is 5.69 Å². The zero-order chi connectivity index (χ0) is 12.7. The van der Waals surface area contributed by atoms with Crippen LogP contribution in [-0.4, -0.2) is 10.2 Å². The average molecular weight is 265 g/mol. The SMILES string of the molecule is C1=CC2Sc3cccc(-c4ccccn4)c3C2CC1. The van der Waals surface area contributed by atoms with E-state index in [1.54, 1.807) is 0 Å². The van der Waals surface area contributed by atoms with E-state index in [-0.39, 0.29) is 0 Å². The van der Waals surface area contributed by atoms with Crippen LogP contribution >= 0.6 is 11.8 Å². The molecule has 2 aromatic rings. The summed E-state index contributed by atoms with van der Waals surface area (Å²) in [6.45, 7) is 0. The zero-order valence-electron chi connectivity index (χ0n) is 10.6. The fraction of sp³-hybridized carbons (Fsp3) is 0.235. The van der Waals surface area contributed by atoms with E-state index >= 15 is 0 Å². The lowest BCUT2D eigenvalue weighted by molar-refractivity contribution is 0.634. The van der Waals surface area contributed by atoms with Crippen molar-refractivity contribution in [2.75, 3.05) is 0 Å². The molecular weight excluding hydrogens is 250 g/mol. The number of fused-ring (bicyclic) bond motifs is 3. The molecule has 2 heterocycles. The van der Waals surface area contributed by atoms with E-state index in [4.69, 9.17) is 0 Å². The molecule has 1 nitrogen and oxygen atoms in total. The third-order valence-corrected chi connectivity index (χ3v) is 5.38. The van der Waals surface area contributed by atoms with Gasteiger partial charge in [-0.05, 0) is 36.6 Å². The molecule has 0 saturated heterocycles. The zero-order valence-corrected chi connectivity index (χ0v) is 11.4.